The van der Waals surface area contributed by atoms with Crippen LogP contribution in [0.4, 0.5) is 0 Å². The van der Waals surface area contributed by atoms with Crippen LogP contribution in [-0.2, 0) is 19.2 Å². The molecule has 5 N–H and O–H groups in total. The highest BCUT2D eigenvalue weighted by atomic mass is 32.2. The van der Waals surface area contributed by atoms with Crippen LogP contribution in [0.1, 0.15) is 33.1 Å². The third kappa shape index (κ3) is 4.59. The zero-order chi connectivity index (χ0) is 25.7. The van der Waals surface area contributed by atoms with E-state index in [-0.39, 0.29) is 70.5 Å². The number of Topliss-reactive ketones (excluding diaryl/α,β-unsaturated/α-hetero) is 1. The Labute approximate surface area is 219 Å². The Morgan fingerprint density at radius 2 is 2.06 bits per heavy atom. The highest BCUT2D eigenvalue weighted by Crippen LogP contribution is 2.53. The van der Waals surface area contributed by atoms with Gasteiger partial charge in [-0.3, -0.25) is 19.7 Å². The van der Waals surface area contributed by atoms with Crippen LogP contribution in [0, 0.1) is 17.8 Å². The largest absolute Gasteiger partial charge is 0.477 e. The van der Waals surface area contributed by atoms with E-state index in [0.29, 0.717) is 37.4 Å². The number of thioether (sulfide) groups is 2. The number of nitrogens with two attached hydrogens (primary N) is 1. The van der Waals surface area contributed by atoms with Crippen molar-refractivity contribution in [2.45, 2.75) is 62.5 Å². The van der Waals surface area contributed by atoms with E-state index in [0.717, 1.165) is 18.1 Å². The average Bonchev–Trinajstić information content (AvgIpc) is 3.62. The molecule has 0 bridgehead atoms. The summed E-state index contributed by atoms with van der Waals surface area (Å²) in [5.41, 5.74) is 6.03. The molecule has 0 unspecified atom stereocenters. The van der Waals surface area contributed by atoms with Gasteiger partial charge in [-0.2, -0.15) is 0 Å². The number of hydrogen-bond donors (Lipinski definition) is 4. The fourth-order valence-corrected chi connectivity index (χ4v) is 8.78. The van der Waals surface area contributed by atoms with Crippen molar-refractivity contribution in [2.24, 2.45) is 23.5 Å². The minimum Gasteiger partial charge on any atom is -0.477 e. The van der Waals surface area contributed by atoms with Crippen LogP contribution in [-0.4, -0.2) is 99.2 Å². The summed E-state index contributed by atoms with van der Waals surface area (Å²) in [4.78, 5) is 55.0. The van der Waals surface area contributed by atoms with Crippen LogP contribution < -0.4 is 16.4 Å². The predicted octanol–water partition coefficient (Wildman–Crippen LogP) is 0.0404. The molecule has 0 aromatic rings. The molecule has 2 amide bonds. The number of hydrogen-bond acceptors (Lipinski definition) is 9. The van der Waals surface area contributed by atoms with Gasteiger partial charge in [-0.25, -0.2) is 4.79 Å². The first-order valence-corrected chi connectivity index (χ1v) is 14.8. The lowest BCUT2D eigenvalue weighted by Crippen LogP contribution is -2.62. The molecule has 4 fully saturated rings. The van der Waals surface area contributed by atoms with Gasteiger partial charge in [0.15, 0.2) is 5.78 Å². The van der Waals surface area contributed by atoms with Crippen molar-refractivity contribution in [3.8, 4) is 0 Å². The zero-order valence-corrected chi connectivity index (χ0v) is 22.3. The van der Waals surface area contributed by atoms with E-state index < -0.39 is 5.97 Å². The molecule has 0 aromatic heterocycles. The lowest BCUT2D eigenvalue weighted by Gasteiger charge is -2.47. The first-order chi connectivity index (χ1) is 17.2. The van der Waals surface area contributed by atoms with Crippen molar-refractivity contribution in [1.29, 1.82) is 0 Å². The first-order valence-electron chi connectivity index (χ1n) is 12.8. The topological polar surface area (TPSA) is 145 Å². The number of amides is 2. The highest BCUT2D eigenvalue weighted by Gasteiger charge is 2.60. The number of likely N-dealkylation sites (tertiary alicyclic amines) is 1. The molecule has 0 aromatic carbocycles. The third-order valence-corrected chi connectivity index (χ3v) is 10.7. The summed E-state index contributed by atoms with van der Waals surface area (Å²) in [6, 6.07) is -0.662. The molecule has 12 heteroatoms. The van der Waals surface area contributed by atoms with E-state index in [9.17, 15) is 24.3 Å². The Kier molecular flexibility index (Phi) is 7.43. The van der Waals surface area contributed by atoms with Crippen molar-refractivity contribution < 1.29 is 24.3 Å². The van der Waals surface area contributed by atoms with Crippen molar-refractivity contribution in [2.75, 3.05) is 31.3 Å². The molecule has 5 heterocycles. The lowest BCUT2D eigenvalue weighted by atomic mass is 9.73. The van der Waals surface area contributed by atoms with Crippen molar-refractivity contribution in [3.63, 3.8) is 0 Å². The fraction of sp³-hybridized carbons (Fsp3) is 0.750. The highest BCUT2D eigenvalue weighted by molar-refractivity contribution is 8.03. The van der Waals surface area contributed by atoms with Gasteiger partial charge in [0.25, 0.3) is 0 Å². The molecule has 5 rings (SSSR count). The average molecular weight is 538 g/mol. The normalized spacial score (nSPS) is 36.9. The minimum absolute atomic E-state index is 0.0316. The molecule has 10 nitrogen and oxygen atoms in total. The molecule has 0 aliphatic carbocycles. The standard InChI is InChI=1S/C24H35N5O5S2/c1-11(5-17(30)16-9-35-10-27-16)18-19-12(2)21(20(24(33)34)29(19)23(18)32)36-14-6-15(26-7-14)22(31)28-4-3-13(25)8-28/h11-16,18-19,26-27H,3-10,25H2,1-2H3,(H,33,34)/t11-,12+,13+,14-,15-,16-,18+,19+/m0/s1. The second-order valence-corrected chi connectivity index (χ2v) is 13.1. The minimum atomic E-state index is -1.10. The summed E-state index contributed by atoms with van der Waals surface area (Å²) in [6.07, 6.45) is 1.74. The number of ketones is 1. The molecule has 5 aliphatic heterocycles. The summed E-state index contributed by atoms with van der Waals surface area (Å²) >= 11 is 3.18. The Bertz CT molecular complexity index is 986. The molecule has 36 heavy (non-hydrogen) atoms. The number of fused-ring (bicyclic) bond motifs is 1. The number of carbonyl (C=O) groups is 4. The number of carbonyl (C=O) groups excluding carboxylic acids is 3. The summed E-state index contributed by atoms with van der Waals surface area (Å²) < 4.78 is 0. The fourth-order valence-electron chi connectivity index (χ4n) is 6.32. The Morgan fingerprint density at radius 3 is 2.69 bits per heavy atom. The summed E-state index contributed by atoms with van der Waals surface area (Å²) in [5.74, 6) is -0.235. The molecule has 0 spiro atoms. The number of carboxylic acids is 1. The van der Waals surface area contributed by atoms with E-state index >= 15 is 0 Å². The molecule has 198 valence electrons. The van der Waals surface area contributed by atoms with Gasteiger partial charge >= 0.3 is 5.97 Å². The Hall–Kier alpha value is -1.60. The maximum atomic E-state index is 13.2. The Balaban J connectivity index is 1.24. The summed E-state index contributed by atoms with van der Waals surface area (Å²) in [6.45, 7) is 5.77. The molecular formula is C24H35N5O5S2. The number of β-lactam (4-membered cyclic amide) rings is 1. The maximum absolute atomic E-state index is 13.2. The molecule has 0 saturated carbocycles. The maximum Gasteiger partial charge on any atom is 0.353 e. The quantitative estimate of drug-likeness (QED) is 0.313. The zero-order valence-electron chi connectivity index (χ0n) is 20.6. The molecule has 4 saturated heterocycles. The monoisotopic (exact) mass is 537 g/mol. The SMILES string of the molecule is C[C@@H](CC(=O)[C@@H]1CSCN1)[C@H]1C(=O)N2C(C(=O)O)=C(S[C@@H]3CN[C@H](C(=O)N4CC[C@@H](N)C4)C3)[C@H](C)[C@H]12. The van der Waals surface area contributed by atoms with E-state index in [4.69, 9.17) is 5.73 Å². The van der Waals surface area contributed by atoms with Crippen LogP contribution in [0.25, 0.3) is 0 Å². The molecule has 5 aliphatic rings. The van der Waals surface area contributed by atoms with E-state index in [1.54, 1.807) is 11.8 Å². The van der Waals surface area contributed by atoms with Gasteiger partial charge in [0.1, 0.15) is 5.70 Å². The van der Waals surface area contributed by atoms with Gasteiger partial charge in [-0.15, -0.1) is 23.5 Å². The van der Waals surface area contributed by atoms with Gasteiger partial charge < -0.3 is 26.0 Å². The van der Waals surface area contributed by atoms with Crippen LogP contribution in [0.2, 0.25) is 0 Å². The summed E-state index contributed by atoms with van der Waals surface area (Å²) in [7, 11) is 0. The second-order valence-electron chi connectivity index (χ2n) is 10.7. The van der Waals surface area contributed by atoms with Crippen molar-refractivity contribution in [1.82, 2.24) is 20.4 Å². The predicted molar refractivity (Wildman–Crippen MR) is 138 cm³/mol. The van der Waals surface area contributed by atoms with Gasteiger partial charge in [0.2, 0.25) is 11.8 Å². The molecular weight excluding hydrogens is 502 g/mol. The molecule has 0 radical (unpaired) electrons. The number of carboxylic acid groups (broad SMARTS) is 1. The van der Waals surface area contributed by atoms with Crippen LogP contribution >= 0.6 is 23.5 Å². The van der Waals surface area contributed by atoms with Crippen LogP contribution in [0.3, 0.4) is 0 Å². The van der Waals surface area contributed by atoms with Crippen molar-refractivity contribution in [3.05, 3.63) is 10.6 Å². The van der Waals surface area contributed by atoms with E-state index in [2.05, 4.69) is 10.6 Å². The number of rotatable bonds is 8. The Morgan fingerprint density at radius 1 is 1.28 bits per heavy atom. The third-order valence-electron chi connectivity index (χ3n) is 8.25. The van der Waals surface area contributed by atoms with Gasteiger partial charge in [0.05, 0.1) is 24.0 Å². The second kappa shape index (κ2) is 10.3. The van der Waals surface area contributed by atoms with Crippen LogP contribution in [0.15, 0.2) is 10.6 Å². The van der Waals surface area contributed by atoms with E-state index in [1.807, 2.05) is 18.7 Å². The smallest absolute Gasteiger partial charge is 0.353 e. The number of aliphatic carboxylic acids is 1. The van der Waals surface area contributed by atoms with Crippen molar-refractivity contribution >= 4 is 47.1 Å². The lowest BCUT2D eigenvalue weighted by molar-refractivity contribution is -0.160. The first kappa shape index (κ1) is 26.0. The van der Waals surface area contributed by atoms with Gasteiger partial charge in [0, 0.05) is 59.8 Å². The van der Waals surface area contributed by atoms with Gasteiger partial charge in [-0.05, 0) is 18.8 Å². The van der Waals surface area contributed by atoms with Crippen LogP contribution in [0.5, 0.6) is 0 Å². The van der Waals surface area contributed by atoms with Gasteiger partial charge in [-0.1, -0.05) is 13.8 Å². The number of nitrogens with zero attached hydrogens (tertiary/aromatic N) is 2. The summed E-state index contributed by atoms with van der Waals surface area (Å²) in [5, 5.41) is 16.6. The van der Waals surface area contributed by atoms with E-state index in [1.165, 1.54) is 16.7 Å². The molecule has 8 atom stereocenters. The number of nitrogens with one attached hydrogen (secondary N) is 2.